The number of anilines is 1. The van der Waals surface area contributed by atoms with Gasteiger partial charge in [-0.05, 0) is 50.1 Å². The van der Waals surface area contributed by atoms with Gasteiger partial charge in [0.25, 0.3) is 11.8 Å². The molecule has 6 heteroatoms. The zero-order chi connectivity index (χ0) is 19.9. The van der Waals surface area contributed by atoms with E-state index in [2.05, 4.69) is 10.6 Å². The van der Waals surface area contributed by atoms with Crippen LogP contribution in [0.15, 0.2) is 52.3 Å². The second-order valence-electron chi connectivity index (χ2n) is 6.49. The summed E-state index contributed by atoms with van der Waals surface area (Å²) >= 11 is 1.41. The van der Waals surface area contributed by atoms with Crippen molar-refractivity contribution in [1.82, 2.24) is 5.32 Å². The summed E-state index contributed by atoms with van der Waals surface area (Å²) in [6.45, 7) is 5.84. The molecule has 0 fully saturated rings. The molecule has 1 heterocycles. The smallest absolute Gasteiger partial charge is 0.262 e. The fourth-order valence-corrected chi connectivity index (χ4v) is 3.67. The number of carbonyl (C=O) groups is 2. The molecule has 2 aromatic carbocycles. The molecule has 146 valence electrons. The zero-order valence-corrected chi connectivity index (χ0v) is 16.9. The first-order valence-electron chi connectivity index (χ1n) is 9.34. The van der Waals surface area contributed by atoms with Crippen molar-refractivity contribution in [2.75, 3.05) is 25.1 Å². The highest BCUT2D eigenvalue weighted by Crippen LogP contribution is 2.39. The molecule has 0 bridgehead atoms. The second-order valence-corrected chi connectivity index (χ2v) is 7.58. The van der Waals surface area contributed by atoms with Crippen molar-refractivity contribution in [2.24, 2.45) is 0 Å². The predicted octanol–water partition coefficient (Wildman–Crippen LogP) is 4.24. The molecule has 2 N–H and O–H groups in total. The SMILES string of the molecule is CCOCCCNC(=O)c1ccc2c(c1)NC(=O)C(=Cc1ccc(C)cc1)S2. The molecule has 0 spiro atoms. The Morgan fingerprint density at radius 2 is 2.00 bits per heavy atom. The first kappa shape index (κ1) is 20.2. The van der Waals surface area contributed by atoms with E-state index in [-0.39, 0.29) is 11.8 Å². The molecule has 0 radical (unpaired) electrons. The van der Waals surface area contributed by atoms with E-state index in [4.69, 9.17) is 4.74 Å². The van der Waals surface area contributed by atoms with Crippen LogP contribution in [0.5, 0.6) is 0 Å². The van der Waals surface area contributed by atoms with Crippen LogP contribution >= 0.6 is 11.8 Å². The number of nitrogens with one attached hydrogen (secondary N) is 2. The number of ether oxygens (including phenoxy) is 1. The van der Waals surface area contributed by atoms with Crippen molar-refractivity contribution in [1.29, 1.82) is 0 Å². The Balaban J connectivity index is 1.67. The number of fused-ring (bicyclic) bond motifs is 1. The molecule has 0 unspecified atom stereocenters. The van der Waals surface area contributed by atoms with Gasteiger partial charge in [0.15, 0.2) is 0 Å². The van der Waals surface area contributed by atoms with Crippen molar-refractivity contribution in [3.63, 3.8) is 0 Å². The van der Waals surface area contributed by atoms with Gasteiger partial charge < -0.3 is 15.4 Å². The van der Waals surface area contributed by atoms with Gasteiger partial charge in [-0.3, -0.25) is 9.59 Å². The van der Waals surface area contributed by atoms with Crippen LogP contribution in [0.2, 0.25) is 0 Å². The molecule has 0 saturated heterocycles. The maximum atomic E-state index is 12.5. The average Bonchev–Trinajstić information content (AvgIpc) is 2.69. The van der Waals surface area contributed by atoms with E-state index in [0.29, 0.717) is 35.9 Å². The minimum Gasteiger partial charge on any atom is -0.382 e. The van der Waals surface area contributed by atoms with Crippen LogP contribution in [0.3, 0.4) is 0 Å². The third-order valence-electron chi connectivity index (χ3n) is 4.26. The molecule has 3 rings (SSSR count). The standard InChI is InChI=1S/C22H24N2O3S/c1-3-27-12-4-11-23-21(25)17-9-10-19-18(14-17)24-22(26)20(28-19)13-16-7-5-15(2)6-8-16/h5-10,13-14H,3-4,11-12H2,1-2H3,(H,23,25)(H,24,26). The normalized spacial score (nSPS) is 14.5. The molecule has 1 aliphatic rings. The number of hydrogen-bond acceptors (Lipinski definition) is 4. The first-order chi connectivity index (χ1) is 13.6. The quantitative estimate of drug-likeness (QED) is 0.543. The third-order valence-corrected chi connectivity index (χ3v) is 5.36. The van der Waals surface area contributed by atoms with E-state index in [1.165, 1.54) is 17.3 Å². The molecule has 2 amide bonds. The number of amides is 2. The van der Waals surface area contributed by atoms with E-state index in [0.717, 1.165) is 16.9 Å². The minimum atomic E-state index is -0.160. The Bertz CT molecular complexity index is 891. The van der Waals surface area contributed by atoms with Gasteiger partial charge >= 0.3 is 0 Å². The second kappa shape index (κ2) is 9.57. The van der Waals surface area contributed by atoms with Crippen LogP contribution in [-0.2, 0) is 9.53 Å². The molecule has 2 aromatic rings. The van der Waals surface area contributed by atoms with Crippen LogP contribution in [0, 0.1) is 6.92 Å². The lowest BCUT2D eigenvalue weighted by molar-refractivity contribution is -0.112. The number of carbonyl (C=O) groups excluding carboxylic acids is 2. The topological polar surface area (TPSA) is 67.4 Å². The Morgan fingerprint density at radius 3 is 2.75 bits per heavy atom. The predicted molar refractivity (Wildman–Crippen MR) is 114 cm³/mol. The van der Waals surface area contributed by atoms with Crippen molar-refractivity contribution in [3.05, 3.63) is 64.1 Å². The molecule has 0 aliphatic carbocycles. The van der Waals surface area contributed by atoms with Crippen molar-refractivity contribution in [2.45, 2.75) is 25.2 Å². The zero-order valence-electron chi connectivity index (χ0n) is 16.1. The molecule has 0 saturated carbocycles. The molecular weight excluding hydrogens is 372 g/mol. The highest BCUT2D eigenvalue weighted by Gasteiger charge is 2.22. The van der Waals surface area contributed by atoms with Gasteiger partial charge in [-0.2, -0.15) is 0 Å². The van der Waals surface area contributed by atoms with Gasteiger partial charge in [-0.15, -0.1) is 0 Å². The van der Waals surface area contributed by atoms with Gasteiger partial charge in [0.05, 0.1) is 10.6 Å². The molecule has 0 aromatic heterocycles. The Labute approximate surface area is 169 Å². The van der Waals surface area contributed by atoms with Gasteiger partial charge in [0.2, 0.25) is 0 Å². The Hall–Kier alpha value is -2.57. The van der Waals surface area contributed by atoms with Gasteiger partial charge in [0, 0.05) is 30.2 Å². The molecule has 5 nitrogen and oxygen atoms in total. The van der Waals surface area contributed by atoms with Crippen molar-refractivity contribution in [3.8, 4) is 0 Å². The van der Waals surface area contributed by atoms with E-state index < -0.39 is 0 Å². The summed E-state index contributed by atoms with van der Waals surface area (Å²) < 4.78 is 5.26. The summed E-state index contributed by atoms with van der Waals surface area (Å²) in [4.78, 5) is 26.3. The maximum absolute atomic E-state index is 12.5. The Kier molecular flexibility index (Phi) is 6.90. The first-order valence-corrected chi connectivity index (χ1v) is 10.2. The van der Waals surface area contributed by atoms with Gasteiger partial charge in [-0.25, -0.2) is 0 Å². The van der Waals surface area contributed by atoms with Crippen LogP contribution in [0.4, 0.5) is 5.69 Å². The Morgan fingerprint density at radius 1 is 1.21 bits per heavy atom. The minimum absolute atomic E-state index is 0.153. The lowest BCUT2D eigenvalue weighted by Gasteiger charge is -2.19. The summed E-state index contributed by atoms with van der Waals surface area (Å²) in [6.07, 6.45) is 2.64. The summed E-state index contributed by atoms with van der Waals surface area (Å²) in [5.74, 6) is -0.313. The monoisotopic (exact) mass is 396 g/mol. The number of thioether (sulfide) groups is 1. The summed E-state index contributed by atoms with van der Waals surface area (Å²) in [5.41, 5.74) is 3.35. The van der Waals surface area contributed by atoms with Crippen molar-refractivity contribution >= 4 is 35.3 Å². The molecule has 28 heavy (non-hydrogen) atoms. The summed E-state index contributed by atoms with van der Waals surface area (Å²) in [7, 11) is 0. The molecule has 1 aliphatic heterocycles. The summed E-state index contributed by atoms with van der Waals surface area (Å²) in [5, 5.41) is 5.76. The number of hydrogen-bond donors (Lipinski definition) is 2. The fraction of sp³-hybridized carbons (Fsp3) is 0.273. The lowest BCUT2D eigenvalue weighted by Crippen LogP contribution is -2.26. The molecular formula is C22H24N2O3S. The summed E-state index contributed by atoms with van der Waals surface area (Å²) in [6, 6.07) is 13.4. The number of aryl methyl sites for hydroxylation is 1. The van der Waals surface area contributed by atoms with Crippen LogP contribution in [0.25, 0.3) is 6.08 Å². The van der Waals surface area contributed by atoms with Gasteiger partial charge in [-0.1, -0.05) is 41.6 Å². The number of benzene rings is 2. The largest absolute Gasteiger partial charge is 0.382 e. The lowest BCUT2D eigenvalue weighted by atomic mass is 10.1. The maximum Gasteiger partial charge on any atom is 0.262 e. The van der Waals surface area contributed by atoms with Crippen LogP contribution in [0.1, 0.15) is 34.8 Å². The van der Waals surface area contributed by atoms with E-state index in [1.807, 2.05) is 50.3 Å². The fourth-order valence-electron chi connectivity index (χ4n) is 2.74. The molecule has 0 atom stereocenters. The van der Waals surface area contributed by atoms with E-state index >= 15 is 0 Å². The van der Waals surface area contributed by atoms with Crippen LogP contribution < -0.4 is 10.6 Å². The van der Waals surface area contributed by atoms with E-state index in [1.54, 1.807) is 12.1 Å². The highest BCUT2D eigenvalue weighted by molar-refractivity contribution is 8.04. The van der Waals surface area contributed by atoms with E-state index in [9.17, 15) is 9.59 Å². The third kappa shape index (κ3) is 5.24. The van der Waals surface area contributed by atoms with Crippen molar-refractivity contribution < 1.29 is 14.3 Å². The average molecular weight is 397 g/mol. The van der Waals surface area contributed by atoms with Crippen LogP contribution in [-0.4, -0.2) is 31.6 Å². The number of rotatable bonds is 7. The van der Waals surface area contributed by atoms with Gasteiger partial charge in [0.1, 0.15) is 0 Å². The highest BCUT2D eigenvalue weighted by atomic mass is 32.2.